The van der Waals surface area contributed by atoms with Crippen molar-refractivity contribution < 1.29 is 14.4 Å². The van der Waals surface area contributed by atoms with E-state index in [1.54, 1.807) is 6.07 Å². The monoisotopic (exact) mass is 366 g/mol. The SMILES string of the molecule is O=[N+]([O-])c1cc2c(c(CSc3nnc(NC4CC4)s3)c1)OCOC2. The molecule has 8 nitrogen and oxygen atoms in total. The molecule has 0 bridgehead atoms. The molecule has 126 valence electrons. The fraction of sp³-hybridized carbons (Fsp3) is 0.429. The largest absolute Gasteiger partial charge is 0.467 e. The maximum Gasteiger partial charge on any atom is 0.270 e. The van der Waals surface area contributed by atoms with Crippen LogP contribution in [-0.4, -0.2) is 28.0 Å². The second kappa shape index (κ2) is 6.54. The molecule has 1 aromatic carbocycles. The number of aromatic nitrogens is 2. The number of non-ortho nitro benzene ring substituents is 1. The van der Waals surface area contributed by atoms with Gasteiger partial charge in [0.05, 0.1) is 11.5 Å². The van der Waals surface area contributed by atoms with E-state index in [1.807, 2.05) is 0 Å². The van der Waals surface area contributed by atoms with Gasteiger partial charge in [0.1, 0.15) is 5.75 Å². The molecule has 0 saturated heterocycles. The third-order valence-corrected chi connectivity index (χ3v) is 5.68. The molecule has 2 aliphatic rings. The maximum absolute atomic E-state index is 11.1. The van der Waals surface area contributed by atoms with Crippen molar-refractivity contribution in [3.05, 3.63) is 33.4 Å². The number of ether oxygens (including phenoxy) is 2. The quantitative estimate of drug-likeness (QED) is 0.473. The Morgan fingerprint density at radius 1 is 1.42 bits per heavy atom. The molecule has 24 heavy (non-hydrogen) atoms. The van der Waals surface area contributed by atoms with Gasteiger partial charge in [-0.15, -0.1) is 10.2 Å². The van der Waals surface area contributed by atoms with Gasteiger partial charge in [-0.1, -0.05) is 23.1 Å². The number of fused-ring (bicyclic) bond motifs is 1. The molecule has 1 aliphatic heterocycles. The maximum atomic E-state index is 11.1. The third-order valence-electron chi connectivity index (χ3n) is 3.65. The lowest BCUT2D eigenvalue weighted by Gasteiger charge is -2.20. The van der Waals surface area contributed by atoms with Crippen LogP contribution >= 0.6 is 23.1 Å². The van der Waals surface area contributed by atoms with Crippen LogP contribution in [0.1, 0.15) is 24.0 Å². The third kappa shape index (κ3) is 3.45. The van der Waals surface area contributed by atoms with Crippen LogP contribution in [0.15, 0.2) is 16.5 Å². The van der Waals surface area contributed by atoms with Gasteiger partial charge < -0.3 is 14.8 Å². The first-order chi connectivity index (χ1) is 11.7. The van der Waals surface area contributed by atoms with Gasteiger partial charge in [-0.25, -0.2) is 0 Å². The molecule has 2 aromatic rings. The fourth-order valence-corrected chi connectivity index (χ4v) is 4.16. The molecule has 1 saturated carbocycles. The predicted octanol–water partition coefficient (Wildman–Crippen LogP) is 3.18. The number of anilines is 1. The highest BCUT2D eigenvalue weighted by Crippen LogP contribution is 2.37. The van der Waals surface area contributed by atoms with Crippen LogP contribution < -0.4 is 10.1 Å². The summed E-state index contributed by atoms with van der Waals surface area (Å²) in [5, 5.41) is 23.5. The lowest BCUT2D eigenvalue weighted by Crippen LogP contribution is -2.13. The lowest BCUT2D eigenvalue weighted by atomic mass is 10.1. The average molecular weight is 366 g/mol. The van der Waals surface area contributed by atoms with Crippen LogP contribution in [0.5, 0.6) is 5.75 Å². The zero-order valence-electron chi connectivity index (χ0n) is 12.6. The minimum atomic E-state index is -0.397. The molecule has 0 radical (unpaired) electrons. The summed E-state index contributed by atoms with van der Waals surface area (Å²) in [6.07, 6.45) is 2.36. The van der Waals surface area contributed by atoms with E-state index in [4.69, 9.17) is 9.47 Å². The van der Waals surface area contributed by atoms with Crippen LogP contribution in [0.2, 0.25) is 0 Å². The van der Waals surface area contributed by atoms with E-state index in [-0.39, 0.29) is 12.5 Å². The first kappa shape index (κ1) is 15.6. The van der Waals surface area contributed by atoms with Crippen molar-refractivity contribution in [2.45, 2.75) is 35.6 Å². The fourth-order valence-electron chi connectivity index (χ4n) is 2.36. The average Bonchev–Trinajstić information content (AvgIpc) is 3.29. The standard InChI is InChI=1S/C14H14N4O4S2/c19-18(20)11-3-8-5-21-7-22-12(8)9(4-11)6-23-14-17-16-13(24-14)15-10-1-2-10/h3-4,10H,1-2,5-7H2,(H,15,16). The summed E-state index contributed by atoms with van der Waals surface area (Å²) in [5.41, 5.74) is 1.53. The second-order valence-electron chi connectivity index (χ2n) is 5.54. The molecule has 1 aliphatic carbocycles. The van der Waals surface area contributed by atoms with E-state index in [0.717, 1.165) is 15.0 Å². The number of nitro groups is 1. The van der Waals surface area contributed by atoms with Crippen LogP contribution in [-0.2, 0) is 17.1 Å². The molecular weight excluding hydrogens is 352 g/mol. The summed E-state index contributed by atoms with van der Waals surface area (Å²) in [6.45, 7) is 0.486. The van der Waals surface area contributed by atoms with Crippen LogP contribution in [0, 0.1) is 10.1 Å². The molecule has 1 fully saturated rings. The normalized spacial score (nSPS) is 16.3. The van der Waals surface area contributed by atoms with E-state index in [0.29, 0.717) is 29.7 Å². The van der Waals surface area contributed by atoms with Crippen molar-refractivity contribution in [2.75, 3.05) is 12.1 Å². The number of hydrogen-bond donors (Lipinski definition) is 1. The van der Waals surface area contributed by atoms with Crippen molar-refractivity contribution in [3.8, 4) is 5.75 Å². The Bertz CT molecular complexity index is 778. The number of thioether (sulfide) groups is 1. The molecule has 0 atom stereocenters. The smallest absolute Gasteiger partial charge is 0.270 e. The molecule has 4 rings (SSSR count). The Kier molecular flexibility index (Phi) is 4.25. The zero-order valence-corrected chi connectivity index (χ0v) is 14.2. The summed E-state index contributed by atoms with van der Waals surface area (Å²) < 4.78 is 11.6. The number of rotatable bonds is 6. The minimum Gasteiger partial charge on any atom is -0.467 e. The van der Waals surface area contributed by atoms with Gasteiger partial charge in [0.25, 0.3) is 5.69 Å². The highest BCUT2D eigenvalue weighted by Gasteiger charge is 2.23. The summed E-state index contributed by atoms with van der Waals surface area (Å²) in [5.74, 6) is 1.21. The van der Waals surface area contributed by atoms with E-state index < -0.39 is 4.92 Å². The molecular formula is C14H14N4O4S2. The first-order valence-corrected chi connectivity index (χ1v) is 9.23. The first-order valence-electron chi connectivity index (χ1n) is 7.42. The van der Waals surface area contributed by atoms with Gasteiger partial charge in [-0.3, -0.25) is 10.1 Å². The van der Waals surface area contributed by atoms with E-state index in [9.17, 15) is 10.1 Å². The Balaban J connectivity index is 1.51. The highest BCUT2D eigenvalue weighted by atomic mass is 32.2. The lowest BCUT2D eigenvalue weighted by molar-refractivity contribution is -0.385. The zero-order chi connectivity index (χ0) is 16.5. The Hall–Kier alpha value is -1.91. The van der Waals surface area contributed by atoms with Crippen LogP contribution in [0.3, 0.4) is 0 Å². The van der Waals surface area contributed by atoms with Crippen molar-refractivity contribution in [1.29, 1.82) is 0 Å². The topological polar surface area (TPSA) is 99.4 Å². The summed E-state index contributed by atoms with van der Waals surface area (Å²) >= 11 is 3.00. The van der Waals surface area contributed by atoms with Crippen molar-refractivity contribution in [1.82, 2.24) is 10.2 Å². The molecule has 2 heterocycles. The Morgan fingerprint density at radius 3 is 3.08 bits per heavy atom. The number of nitro benzene ring substituents is 1. The number of hydrogen-bond acceptors (Lipinski definition) is 9. The van der Waals surface area contributed by atoms with Gasteiger partial charge in [0.15, 0.2) is 11.1 Å². The molecule has 0 spiro atoms. The van der Waals surface area contributed by atoms with Gasteiger partial charge in [-0.2, -0.15) is 0 Å². The highest BCUT2D eigenvalue weighted by molar-refractivity contribution is 8.00. The van der Waals surface area contributed by atoms with Gasteiger partial charge >= 0.3 is 0 Å². The summed E-state index contributed by atoms with van der Waals surface area (Å²) in [7, 11) is 0. The summed E-state index contributed by atoms with van der Waals surface area (Å²) in [6, 6.07) is 3.60. The van der Waals surface area contributed by atoms with Gasteiger partial charge in [0, 0.05) is 35.1 Å². The Labute approximate surface area is 145 Å². The van der Waals surface area contributed by atoms with Gasteiger partial charge in [0.2, 0.25) is 5.13 Å². The van der Waals surface area contributed by atoms with Crippen molar-refractivity contribution in [2.24, 2.45) is 0 Å². The van der Waals surface area contributed by atoms with E-state index >= 15 is 0 Å². The summed E-state index contributed by atoms with van der Waals surface area (Å²) in [4.78, 5) is 10.7. The molecule has 1 aromatic heterocycles. The van der Waals surface area contributed by atoms with E-state index in [1.165, 1.54) is 42.0 Å². The van der Waals surface area contributed by atoms with Crippen LogP contribution in [0.25, 0.3) is 0 Å². The molecule has 0 unspecified atom stereocenters. The second-order valence-corrected chi connectivity index (χ2v) is 7.74. The predicted molar refractivity (Wildman–Crippen MR) is 89.5 cm³/mol. The number of nitrogens with one attached hydrogen (secondary N) is 1. The minimum absolute atomic E-state index is 0.0480. The van der Waals surface area contributed by atoms with E-state index in [2.05, 4.69) is 15.5 Å². The molecule has 1 N–H and O–H groups in total. The molecule has 10 heteroatoms. The van der Waals surface area contributed by atoms with Crippen LogP contribution in [0.4, 0.5) is 10.8 Å². The number of benzene rings is 1. The van der Waals surface area contributed by atoms with Crippen molar-refractivity contribution in [3.63, 3.8) is 0 Å². The molecule has 0 amide bonds. The number of nitrogens with zero attached hydrogens (tertiary/aromatic N) is 3. The van der Waals surface area contributed by atoms with Gasteiger partial charge in [-0.05, 0) is 12.8 Å². The van der Waals surface area contributed by atoms with Crippen molar-refractivity contribution >= 4 is 33.9 Å². The Morgan fingerprint density at radius 2 is 2.29 bits per heavy atom.